The van der Waals surface area contributed by atoms with Crippen molar-refractivity contribution >= 4 is 33.0 Å². The van der Waals surface area contributed by atoms with E-state index in [1.165, 1.54) is 6.07 Å². The number of carbonyl (C=O) groups is 1. The van der Waals surface area contributed by atoms with Gasteiger partial charge in [0, 0.05) is 5.69 Å². The van der Waals surface area contributed by atoms with Gasteiger partial charge in [-0.25, -0.2) is 13.6 Å². The summed E-state index contributed by atoms with van der Waals surface area (Å²) in [6.45, 7) is 5.83. The fourth-order valence-electron chi connectivity index (χ4n) is 1.98. The molecule has 22 heavy (non-hydrogen) atoms. The normalized spacial score (nSPS) is 11.7. The molecule has 0 spiro atoms. The highest BCUT2D eigenvalue weighted by atomic mass is 32.2. The summed E-state index contributed by atoms with van der Waals surface area (Å²) in [5, 5.41) is 7.89. The van der Waals surface area contributed by atoms with Crippen LogP contribution < -0.4 is 10.5 Å². The number of hydrogen-bond acceptors (Lipinski definition) is 4. The van der Waals surface area contributed by atoms with E-state index in [1.807, 2.05) is 18.2 Å². The van der Waals surface area contributed by atoms with E-state index in [-0.39, 0.29) is 10.1 Å². The molecule has 0 unspecified atom stereocenters. The van der Waals surface area contributed by atoms with Crippen molar-refractivity contribution in [1.29, 1.82) is 0 Å². The lowest BCUT2D eigenvalue weighted by atomic mass is 10.0. The fraction of sp³-hybridized carbons (Fsp3) is 0.267. The summed E-state index contributed by atoms with van der Waals surface area (Å²) in [6, 6.07) is 9.00. The Morgan fingerprint density at radius 1 is 1.27 bits per heavy atom. The van der Waals surface area contributed by atoms with E-state index in [0.717, 1.165) is 16.9 Å². The molecule has 0 aliphatic heterocycles. The number of sulfonamides is 1. The summed E-state index contributed by atoms with van der Waals surface area (Å²) in [7, 11) is -3.79. The largest absolute Gasteiger partial charge is 0.321 e. The van der Waals surface area contributed by atoms with Crippen molar-refractivity contribution in [3.05, 3.63) is 46.3 Å². The number of nitrogens with two attached hydrogens (primary N) is 1. The fourth-order valence-corrected chi connectivity index (χ4v) is 3.84. The first-order chi connectivity index (χ1) is 10.2. The zero-order chi connectivity index (χ0) is 16.5. The Hall–Kier alpha value is -1.70. The molecule has 118 valence electrons. The van der Waals surface area contributed by atoms with Gasteiger partial charge in [0.15, 0.2) is 0 Å². The van der Waals surface area contributed by atoms with E-state index < -0.39 is 10.0 Å². The van der Waals surface area contributed by atoms with Gasteiger partial charge >= 0.3 is 0 Å². The van der Waals surface area contributed by atoms with Crippen molar-refractivity contribution < 1.29 is 13.2 Å². The SMILES string of the molecule is Cc1cc(S(N)(=O)=O)sc1C(=O)Nc1cccc(C(C)C)c1. The average molecular weight is 338 g/mol. The second-order valence-corrected chi connectivity index (χ2v) is 8.20. The Morgan fingerprint density at radius 2 is 1.95 bits per heavy atom. The number of nitrogens with one attached hydrogen (secondary N) is 1. The van der Waals surface area contributed by atoms with Crippen molar-refractivity contribution in [3.8, 4) is 0 Å². The van der Waals surface area contributed by atoms with Gasteiger partial charge in [-0.1, -0.05) is 26.0 Å². The molecular formula is C15H18N2O3S2. The monoisotopic (exact) mass is 338 g/mol. The van der Waals surface area contributed by atoms with Crippen LogP contribution in [0.25, 0.3) is 0 Å². The summed E-state index contributed by atoms with van der Waals surface area (Å²) in [5.41, 5.74) is 2.39. The molecule has 0 saturated carbocycles. The van der Waals surface area contributed by atoms with E-state index in [4.69, 9.17) is 5.14 Å². The number of thiophene rings is 1. The standard InChI is InChI=1S/C15H18N2O3S2/c1-9(2)11-5-4-6-12(8-11)17-15(18)14-10(3)7-13(21-14)22(16,19)20/h4-9H,1-3H3,(H,17,18)(H2,16,19,20). The number of aryl methyl sites for hydroxylation is 1. The van der Waals surface area contributed by atoms with Crippen LogP contribution in [0, 0.1) is 6.92 Å². The number of rotatable bonds is 4. The van der Waals surface area contributed by atoms with Crippen molar-refractivity contribution in [3.63, 3.8) is 0 Å². The van der Waals surface area contributed by atoms with E-state index in [1.54, 1.807) is 13.0 Å². The van der Waals surface area contributed by atoms with Gasteiger partial charge in [0.05, 0.1) is 4.88 Å². The molecule has 0 aliphatic carbocycles. The number of primary sulfonamides is 1. The molecule has 0 aliphatic rings. The molecule has 0 atom stereocenters. The van der Waals surface area contributed by atoms with Gasteiger partial charge in [-0.05, 0) is 42.2 Å². The molecule has 1 aromatic carbocycles. The molecule has 2 rings (SSSR count). The van der Waals surface area contributed by atoms with Gasteiger partial charge < -0.3 is 5.32 Å². The first-order valence-corrected chi connectivity index (χ1v) is 9.09. The Labute approximate surface area is 134 Å². The van der Waals surface area contributed by atoms with Crippen LogP contribution in [0.1, 0.15) is 40.6 Å². The lowest BCUT2D eigenvalue weighted by molar-refractivity contribution is 0.103. The molecule has 5 nitrogen and oxygen atoms in total. The van der Waals surface area contributed by atoms with E-state index in [0.29, 0.717) is 22.0 Å². The number of benzene rings is 1. The summed E-state index contributed by atoms with van der Waals surface area (Å²) in [6.07, 6.45) is 0. The molecule has 3 N–H and O–H groups in total. The van der Waals surface area contributed by atoms with Gasteiger partial charge in [0.25, 0.3) is 5.91 Å². The third-order valence-corrected chi connectivity index (χ3v) is 5.85. The molecule has 0 radical (unpaired) electrons. The topological polar surface area (TPSA) is 89.3 Å². The highest BCUT2D eigenvalue weighted by Crippen LogP contribution is 2.26. The van der Waals surface area contributed by atoms with Crippen LogP contribution in [-0.4, -0.2) is 14.3 Å². The Balaban J connectivity index is 2.26. The predicted octanol–water partition coefficient (Wildman–Crippen LogP) is 3.08. The molecule has 1 amide bonds. The smallest absolute Gasteiger partial charge is 0.266 e. The van der Waals surface area contributed by atoms with Crippen LogP contribution in [0.2, 0.25) is 0 Å². The minimum atomic E-state index is -3.79. The van der Waals surface area contributed by atoms with E-state index in [9.17, 15) is 13.2 Å². The lowest BCUT2D eigenvalue weighted by Gasteiger charge is -2.09. The average Bonchev–Trinajstić information content (AvgIpc) is 2.81. The summed E-state index contributed by atoms with van der Waals surface area (Å²) in [5.74, 6) is 0.0209. The highest BCUT2D eigenvalue weighted by molar-refractivity contribution is 7.91. The quantitative estimate of drug-likeness (QED) is 0.897. The van der Waals surface area contributed by atoms with Crippen LogP contribution in [-0.2, 0) is 10.0 Å². The van der Waals surface area contributed by atoms with Crippen LogP contribution in [0.5, 0.6) is 0 Å². The van der Waals surface area contributed by atoms with Crippen molar-refractivity contribution in [1.82, 2.24) is 0 Å². The third kappa shape index (κ3) is 3.73. The molecule has 0 saturated heterocycles. The zero-order valence-corrected chi connectivity index (χ0v) is 14.2. The zero-order valence-electron chi connectivity index (χ0n) is 12.6. The predicted molar refractivity (Wildman–Crippen MR) is 88.9 cm³/mol. The summed E-state index contributed by atoms with van der Waals surface area (Å²) < 4.78 is 22.7. The van der Waals surface area contributed by atoms with Gasteiger partial charge in [-0.3, -0.25) is 4.79 Å². The van der Waals surface area contributed by atoms with Gasteiger partial charge in [-0.15, -0.1) is 11.3 Å². The number of carbonyl (C=O) groups excluding carboxylic acids is 1. The molecule has 1 heterocycles. The Morgan fingerprint density at radius 3 is 2.50 bits per heavy atom. The molecule has 0 fully saturated rings. The van der Waals surface area contributed by atoms with Crippen molar-refractivity contribution in [2.45, 2.75) is 30.9 Å². The number of amides is 1. The van der Waals surface area contributed by atoms with Gasteiger partial charge in [0.2, 0.25) is 10.0 Å². The third-order valence-electron chi connectivity index (χ3n) is 3.19. The van der Waals surface area contributed by atoms with Crippen LogP contribution >= 0.6 is 11.3 Å². The van der Waals surface area contributed by atoms with Gasteiger partial charge in [0.1, 0.15) is 4.21 Å². The Kier molecular flexibility index (Phi) is 4.69. The van der Waals surface area contributed by atoms with Crippen LogP contribution in [0.3, 0.4) is 0 Å². The van der Waals surface area contributed by atoms with Crippen LogP contribution in [0.4, 0.5) is 5.69 Å². The first kappa shape index (κ1) is 16.7. The van der Waals surface area contributed by atoms with Crippen LogP contribution in [0.15, 0.2) is 34.5 Å². The lowest BCUT2D eigenvalue weighted by Crippen LogP contribution is -2.12. The maximum atomic E-state index is 12.3. The highest BCUT2D eigenvalue weighted by Gasteiger charge is 2.19. The minimum Gasteiger partial charge on any atom is -0.321 e. The minimum absolute atomic E-state index is 0.00826. The maximum Gasteiger partial charge on any atom is 0.266 e. The van der Waals surface area contributed by atoms with Crippen molar-refractivity contribution in [2.75, 3.05) is 5.32 Å². The van der Waals surface area contributed by atoms with Crippen molar-refractivity contribution in [2.24, 2.45) is 5.14 Å². The molecule has 2 aromatic rings. The number of anilines is 1. The first-order valence-electron chi connectivity index (χ1n) is 6.73. The van der Waals surface area contributed by atoms with E-state index >= 15 is 0 Å². The van der Waals surface area contributed by atoms with Gasteiger partial charge in [-0.2, -0.15) is 0 Å². The summed E-state index contributed by atoms with van der Waals surface area (Å²) in [4.78, 5) is 12.7. The number of hydrogen-bond donors (Lipinski definition) is 2. The Bertz CT molecular complexity index is 808. The maximum absolute atomic E-state index is 12.3. The molecular weight excluding hydrogens is 320 g/mol. The molecule has 0 bridgehead atoms. The second kappa shape index (κ2) is 6.20. The second-order valence-electron chi connectivity index (χ2n) is 5.36. The molecule has 7 heteroatoms. The van der Waals surface area contributed by atoms with E-state index in [2.05, 4.69) is 19.2 Å². The molecule has 1 aromatic heterocycles. The summed E-state index contributed by atoms with van der Waals surface area (Å²) >= 11 is 0.879.